The molecule has 0 aliphatic carbocycles. The molecule has 0 radical (unpaired) electrons. The highest BCUT2D eigenvalue weighted by Gasteiger charge is 2.10. The standard InChI is InChI=1S/C14H12N2O.C2H6/c1-3-12-14(10(2)17)16-13(9-15-12)11-7-5-4-6-8-11;1-2/h3-9H,1H2,2H3;1-2H3. The maximum absolute atomic E-state index is 11.5. The highest BCUT2D eigenvalue weighted by atomic mass is 16.1. The van der Waals surface area contributed by atoms with Gasteiger partial charge in [0.1, 0.15) is 5.69 Å². The molecule has 3 nitrogen and oxygen atoms in total. The second kappa shape index (κ2) is 7.21. The smallest absolute Gasteiger partial charge is 0.180 e. The van der Waals surface area contributed by atoms with E-state index in [4.69, 9.17) is 0 Å². The number of carbonyl (C=O) groups is 1. The van der Waals surface area contributed by atoms with Crippen LogP contribution in [0, 0.1) is 0 Å². The zero-order chi connectivity index (χ0) is 14.3. The van der Waals surface area contributed by atoms with E-state index in [2.05, 4.69) is 16.5 Å². The first kappa shape index (κ1) is 14.8. The number of hydrogen-bond donors (Lipinski definition) is 0. The van der Waals surface area contributed by atoms with Crippen molar-refractivity contribution in [2.24, 2.45) is 0 Å². The number of nitrogens with zero attached hydrogens (tertiary/aromatic N) is 2. The van der Waals surface area contributed by atoms with Crippen LogP contribution in [0.5, 0.6) is 0 Å². The van der Waals surface area contributed by atoms with E-state index in [1.54, 1.807) is 12.3 Å². The van der Waals surface area contributed by atoms with Crippen molar-refractivity contribution >= 4 is 11.9 Å². The Balaban J connectivity index is 0.000000861. The summed E-state index contributed by atoms with van der Waals surface area (Å²) in [4.78, 5) is 20.0. The van der Waals surface area contributed by atoms with Gasteiger partial charge in [-0.3, -0.25) is 9.78 Å². The third kappa shape index (κ3) is 3.58. The third-order valence-corrected chi connectivity index (χ3v) is 2.40. The zero-order valence-corrected chi connectivity index (χ0v) is 11.6. The van der Waals surface area contributed by atoms with Crippen molar-refractivity contribution < 1.29 is 4.79 Å². The van der Waals surface area contributed by atoms with Gasteiger partial charge in [0.05, 0.1) is 17.6 Å². The predicted octanol–water partition coefficient (Wildman–Crippen LogP) is 4.02. The second-order valence-corrected chi connectivity index (χ2v) is 3.62. The van der Waals surface area contributed by atoms with Gasteiger partial charge in [0, 0.05) is 12.5 Å². The first-order chi connectivity index (χ1) is 9.22. The van der Waals surface area contributed by atoms with Crippen LogP contribution >= 0.6 is 0 Å². The van der Waals surface area contributed by atoms with Crippen LogP contribution in [0.25, 0.3) is 17.3 Å². The lowest BCUT2D eigenvalue weighted by Crippen LogP contribution is -2.03. The Hall–Kier alpha value is -2.29. The summed E-state index contributed by atoms with van der Waals surface area (Å²) < 4.78 is 0. The van der Waals surface area contributed by atoms with Crippen molar-refractivity contribution in [2.75, 3.05) is 0 Å². The Morgan fingerprint density at radius 2 is 1.84 bits per heavy atom. The fraction of sp³-hybridized carbons (Fsp3) is 0.188. The fourth-order valence-electron chi connectivity index (χ4n) is 1.55. The molecule has 2 aromatic rings. The highest BCUT2D eigenvalue weighted by molar-refractivity contribution is 5.95. The van der Waals surface area contributed by atoms with Gasteiger partial charge in [-0.2, -0.15) is 0 Å². The lowest BCUT2D eigenvalue weighted by Gasteiger charge is -2.04. The summed E-state index contributed by atoms with van der Waals surface area (Å²) in [7, 11) is 0. The van der Waals surface area contributed by atoms with Crippen LogP contribution in [0.1, 0.15) is 37.0 Å². The van der Waals surface area contributed by atoms with Gasteiger partial charge in [0.2, 0.25) is 0 Å². The molecule has 0 N–H and O–H groups in total. The largest absolute Gasteiger partial charge is 0.293 e. The zero-order valence-electron chi connectivity index (χ0n) is 11.6. The highest BCUT2D eigenvalue weighted by Crippen LogP contribution is 2.17. The van der Waals surface area contributed by atoms with Crippen molar-refractivity contribution in [1.82, 2.24) is 9.97 Å². The summed E-state index contributed by atoms with van der Waals surface area (Å²) in [5.41, 5.74) is 2.53. The summed E-state index contributed by atoms with van der Waals surface area (Å²) in [6.07, 6.45) is 3.19. The van der Waals surface area contributed by atoms with Crippen LogP contribution < -0.4 is 0 Å². The average molecular weight is 254 g/mol. The monoisotopic (exact) mass is 254 g/mol. The van der Waals surface area contributed by atoms with E-state index >= 15 is 0 Å². The minimum absolute atomic E-state index is 0.106. The molecule has 1 heterocycles. The molecule has 19 heavy (non-hydrogen) atoms. The number of aromatic nitrogens is 2. The van der Waals surface area contributed by atoms with Gasteiger partial charge < -0.3 is 0 Å². The lowest BCUT2D eigenvalue weighted by molar-refractivity contribution is 0.101. The number of carbonyl (C=O) groups excluding carboxylic acids is 1. The quantitative estimate of drug-likeness (QED) is 0.777. The van der Waals surface area contributed by atoms with Crippen molar-refractivity contribution in [1.29, 1.82) is 0 Å². The number of ketones is 1. The molecule has 2 rings (SSSR count). The molecular formula is C16H18N2O. The topological polar surface area (TPSA) is 42.9 Å². The van der Waals surface area contributed by atoms with Crippen LogP contribution in [-0.4, -0.2) is 15.8 Å². The van der Waals surface area contributed by atoms with E-state index in [9.17, 15) is 4.79 Å². The van der Waals surface area contributed by atoms with Gasteiger partial charge in [0.15, 0.2) is 5.78 Å². The molecule has 0 atom stereocenters. The molecular weight excluding hydrogens is 236 g/mol. The van der Waals surface area contributed by atoms with Gasteiger partial charge in [-0.15, -0.1) is 0 Å². The molecule has 0 saturated heterocycles. The van der Waals surface area contributed by atoms with Crippen LogP contribution in [0.2, 0.25) is 0 Å². The van der Waals surface area contributed by atoms with Crippen molar-refractivity contribution in [3.8, 4) is 11.3 Å². The second-order valence-electron chi connectivity index (χ2n) is 3.62. The van der Waals surface area contributed by atoms with E-state index in [0.29, 0.717) is 17.1 Å². The fourth-order valence-corrected chi connectivity index (χ4v) is 1.55. The Morgan fingerprint density at radius 1 is 1.21 bits per heavy atom. The van der Waals surface area contributed by atoms with Crippen molar-refractivity contribution in [3.63, 3.8) is 0 Å². The minimum atomic E-state index is -0.106. The molecule has 1 aromatic carbocycles. The maximum Gasteiger partial charge on any atom is 0.180 e. The average Bonchev–Trinajstić information content (AvgIpc) is 2.49. The Labute approximate surface area is 114 Å². The Kier molecular flexibility index (Phi) is 5.61. The van der Waals surface area contributed by atoms with E-state index in [-0.39, 0.29) is 5.78 Å². The van der Waals surface area contributed by atoms with Crippen LogP contribution in [0.15, 0.2) is 43.1 Å². The van der Waals surface area contributed by atoms with E-state index in [0.717, 1.165) is 5.56 Å². The summed E-state index contributed by atoms with van der Waals surface area (Å²) in [6, 6.07) is 9.64. The van der Waals surface area contributed by atoms with Gasteiger partial charge in [-0.1, -0.05) is 50.8 Å². The molecule has 0 spiro atoms. The summed E-state index contributed by atoms with van der Waals surface area (Å²) in [6.45, 7) is 9.10. The van der Waals surface area contributed by atoms with Crippen LogP contribution in [-0.2, 0) is 0 Å². The van der Waals surface area contributed by atoms with E-state index in [1.165, 1.54) is 6.92 Å². The normalized spacial score (nSPS) is 9.21. The third-order valence-electron chi connectivity index (χ3n) is 2.40. The summed E-state index contributed by atoms with van der Waals surface area (Å²) in [5.74, 6) is -0.106. The molecule has 1 aromatic heterocycles. The van der Waals surface area contributed by atoms with Crippen molar-refractivity contribution in [3.05, 3.63) is 54.5 Å². The molecule has 0 amide bonds. The molecule has 3 heteroatoms. The number of benzene rings is 1. The van der Waals surface area contributed by atoms with E-state index < -0.39 is 0 Å². The number of hydrogen-bond acceptors (Lipinski definition) is 3. The van der Waals surface area contributed by atoms with Gasteiger partial charge in [0.25, 0.3) is 0 Å². The van der Waals surface area contributed by atoms with Gasteiger partial charge in [-0.05, 0) is 6.08 Å². The van der Waals surface area contributed by atoms with Crippen LogP contribution in [0.4, 0.5) is 0 Å². The first-order valence-electron chi connectivity index (χ1n) is 6.28. The molecule has 98 valence electrons. The molecule has 0 saturated carbocycles. The van der Waals surface area contributed by atoms with Gasteiger partial charge in [-0.25, -0.2) is 4.98 Å². The predicted molar refractivity (Wildman–Crippen MR) is 78.9 cm³/mol. The van der Waals surface area contributed by atoms with Crippen LogP contribution in [0.3, 0.4) is 0 Å². The minimum Gasteiger partial charge on any atom is -0.293 e. The lowest BCUT2D eigenvalue weighted by atomic mass is 10.1. The first-order valence-corrected chi connectivity index (χ1v) is 6.28. The van der Waals surface area contributed by atoms with E-state index in [1.807, 2.05) is 44.2 Å². The molecule has 0 bridgehead atoms. The number of rotatable bonds is 3. The molecule has 0 fully saturated rings. The Morgan fingerprint density at radius 3 is 2.37 bits per heavy atom. The van der Waals surface area contributed by atoms with Crippen molar-refractivity contribution in [2.45, 2.75) is 20.8 Å². The van der Waals surface area contributed by atoms with Gasteiger partial charge >= 0.3 is 0 Å². The SMILES string of the molecule is C=Cc1ncc(-c2ccccc2)nc1C(C)=O.CC. The number of Topliss-reactive ketones (excluding diaryl/α,β-unsaturated/α-hetero) is 1. The summed E-state index contributed by atoms with van der Waals surface area (Å²) >= 11 is 0. The maximum atomic E-state index is 11.5. The molecule has 0 aliphatic rings. The molecule has 0 aliphatic heterocycles. The molecule has 0 unspecified atom stereocenters. The Bertz CT molecular complexity index is 562. The summed E-state index contributed by atoms with van der Waals surface area (Å²) in [5, 5.41) is 0.